The Hall–Kier alpha value is -0.940. The molecule has 4 nitrogen and oxygen atoms in total. The van der Waals surface area contributed by atoms with Gasteiger partial charge in [0.2, 0.25) is 0 Å². The van der Waals surface area contributed by atoms with Crippen LogP contribution < -0.4 is 0 Å². The molecule has 0 amide bonds. The van der Waals surface area contributed by atoms with Gasteiger partial charge in [-0.25, -0.2) is 0 Å². The van der Waals surface area contributed by atoms with Gasteiger partial charge in [0.05, 0.1) is 17.6 Å². The fraction of sp³-hybridized carbons (Fsp3) is 0.538. The highest BCUT2D eigenvalue weighted by Gasteiger charge is 2.17. The van der Waals surface area contributed by atoms with Gasteiger partial charge in [0.25, 0.3) is 5.69 Å². The summed E-state index contributed by atoms with van der Waals surface area (Å²) < 4.78 is 6.37. The van der Waals surface area contributed by atoms with Gasteiger partial charge in [0, 0.05) is 6.07 Å². The van der Waals surface area contributed by atoms with Gasteiger partial charge in [-0.3, -0.25) is 10.1 Å². The minimum absolute atomic E-state index is 0.0970. The summed E-state index contributed by atoms with van der Waals surface area (Å²) in [7, 11) is 0. The van der Waals surface area contributed by atoms with Gasteiger partial charge in [0.1, 0.15) is 4.47 Å². The molecule has 0 bridgehead atoms. The molecule has 1 aliphatic carbocycles. The van der Waals surface area contributed by atoms with E-state index in [1.54, 1.807) is 6.07 Å². The molecule has 1 aromatic carbocycles. The van der Waals surface area contributed by atoms with Crippen LogP contribution in [-0.4, -0.2) is 11.0 Å². The first-order chi connectivity index (χ1) is 8.68. The van der Waals surface area contributed by atoms with Crippen molar-refractivity contribution >= 4 is 21.6 Å². The Bertz CT molecular complexity index is 430. The summed E-state index contributed by atoms with van der Waals surface area (Å²) in [5, 5.41) is 10.8. The van der Waals surface area contributed by atoms with Gasteiger partial charge < -0.3 is 4.74 Å². The molecule has 1 aliphatic rings. The van der Waals surface area contributed by atoms with Gasteiger partial charge in [-0.15, -0.1) is 0 Å². The number of benzene rings is 1. The second-order valence-corrected chi connectivity index (χ2v) is 5.37. The SMILES string of the molecule is O=[N+]([O-])c1cccc(COC2CCCCC2)c1Br. The molecule has 0 aromatic heterocycles. The third-order valence-electron chi connectivity index (χ3n) is 3.28. The Morgan fingerprint density at radius 1 is 1.33 bits per heavy atom. The number of hydrogen-bond donors (Lipinski definition) is 0. The standard InChI is InChI=1S/C13H16BrNO3/c14-13-10(5-4-8-12(13)15(16)17)9-18-11-6-2-1-3-7-11/h4-5,8,11H,1-3,6-7,9H2. The van der Waals surface area contributed by atoms with Gasteiger partial charge in [-0.05, 0) is 34.3 Å². The number of nitrogens with zero attached hydrogens (tertiary/aromatic N) is 1. The van der Waals surface area contributed by atoms with E-state index in [1.807, 2.05) is 6.07 Å². The average molecular weight is 314 g/mol. The summed E-state index contributed by atoms with van der Waals surface area (Å²) in [6.07, 6.45) is 6.26. The lowest BCUT2D eigenvalue weighted by molar-refractivity contribution is -0.385. The third kappa shape index (κ3) is 3.29. The Morgan fingerprint density at radius 3 is 2.72 bits per heavy atom. The lowest BCUT2D eigenvalue weighted by Crippen LogP contribution is -2.16. The molecule has 0 atom stereocenters. The van der Waals surface area contributed by atoms with Crippen molar-refractivity contribution in [2.75, 3.05) is 0 Å². The lowest BCUT2D eigenvalue weighted by Gasteiger charge is -2.22. The van der Waals surface area contributed by atoms with E-state index < -0.39 is 0 Å². The van der Waals surface area contributed by atoms with E-state index in [0.717, 1.165) is 18.4 Å². The number of hydrogen-bond acceptors (Lipinski definition) is 3. The number of nitro groups is 1. The molecule has 98 valence electrons. The second kappa shape index (κ2) is 6.29. The van der Waals surface area contributed by atoms with Crippen molar-refractivity contribution < 1.29 is 9.66 Å². The summed E-state index contributed by atoms with van der Waals surface area (Å²) in [5.41, 5.74) is 0.939. The first-order valence-corrected chi connectivity index (χ1v) is 7.01. The van der Waals surface area contributed by atoms with E-state index in [1.165, 1.54) is 25.3 Å². The van der Waals surface area contributed by atoms with Gasteiger partial charge in [-0.1, -0.05) is 31.4 Å². The molecule has 2 rings (SSSR count). The molecular formula is C13H16BrNO3. The third-order valence-corrected chi connectivity index (χ3v) is 4.20. The van der Waals surface area contributed by atoms with E-state index in [-0.39, 0.29) is 10.6 Å². The van der Waals surface area contributed by atoms with Crippen LogP contribution in [0.3, 0.4) is 0 Å². The van der Waals surface area contributed by atoms with Gasteiger partial charge in [0.15, 0.2) is 0 Å². The zero-order chi connectivity index (χ0) is 13.0. The van der Waals surface area contributed by atoms with Crippen molar-refractivity contribution in [3.8, 4) is 0 Å². The number of rotatable bonds is 4. The highest BCUT2D eigenvalue weighted by atomic mass is 79.9. The van der Waals surface area contributed by atoms with E-state index >= 15 is 0 Å². The summed E-state index contributed by atoms with van der Waals surface area (Å²) >= 11 is 3.29. The Balaban J connectivity index is 2.00. The van der Waals surface area contributed by atoms with Crippen LogP contribution in [0, 0.1) is 10.1 Å². The zero-order valence-corrected chi connectivity index (χ0v) is 11.7. The Kier molecular flexibility index (Phi) is 4.72. The Labute approximate surface area is 115 Å². The van der Waals surface area contributed by atoms with Crippen LogP contribution in [0.15, 0.2) is 22.7 Å². The molecule has 18 heavy (non-hydrogen) atoms. The van der Waals surface area contributed by atoms with Crippen molar-refractivity contribution in [1.82, 2.24) is 0 Å². The molecule has 1 saturated carbocycles. The molecule has 1 fully saturated rings. The average Bonchev–Trinajstić information content (AvgIpc) is 2.38. The zero-order valence-electron chi connectivity index (χ0n) is 10.1. The topological polar surface area (TPSA) is 52.4 Å². The first kappa shape index (κ1) is 13.5. The molecule has 5 heteroatoms. The van der Waals surface area contributed by atoms with Crippen molar-refractivity contribution in [3.05, 3.63) is 38.3 Å². The quantitative estimate of drug-likeness (QED) is 0.618. The highest BCUT2D eigenvalue weighted by Crippen LogP contribution is 2.30. The Morgan fingerprint density at radius 2 is 2.06 bits per heavy atom. The maximum Gasteiger partial charge on any atom is 0.283 e. The molecule has 0 spiro atoms. The van der Waals surface area contributed by atoms with Crippen LogP contribution in [0.5, 0.6) is 0 Å². The maximum absolute atomic E-state index is 10.8. The van der Waals surface area contributed by atoms with E-state index in [0.29, 0.717) is 17.2 Å². The van der Waals surface area contributed by atoms with Crippen molar-refractivity contribution in [2.45, 2.75) is 44.8 Å². The molecule has 0 aliphatic heterocycles. The van der Waals surface area contributed by atoms with Crippen LogP contribution in [0.4, 0.5) is 5.69 Å². The van der Waals surface area contributed by atoms with Gasteiger partial charge >= 0.3 is 0 Å². The first-order valence-electron chi connectivity index (χ1n) is 6.22. The highest BCUT2D eigenvalue weighted by molar-refractivity contribution is 9.10. The van der Waals surface area contributed by atoms with E-state index in [9.17, 15) is 10.1 Å². The minimum Gasteiger partial charge on any atom is -0.373 e. The second-order valence-electron chi connectivity index (χ2n) is 4.58. The van der Waals surface area contributed by atoms with Crippen LogP contribution in [0.2, 0.25) is 0 Å². The van der Waals surface area contributed by atoms with Crippen molar-refractivity contribution in [1.29, 1.82) is 0 Å². The largest absolute Gasteiger partial charge is 0.373 e. The smallest absolute Gasteiger partial charge is 0.283 e. The molecular weight excluding hydrogens is 298 g/mol. The summed E-state index contributed by atoms with van der Waals surface area (Å²) in [6, 6.07) is 5.05. The minimum atomic E-state index is -0.381. The lowest BCUT2D eigenvalue weighted by atomic mass is 9.98. The van der Waals surface area contributed by atoms with Gasteiger partial charge in [-0.2, -0.15) is 0 Å². The molecule has 0 saturated heterocycles. The van der Waals surface area contributed by atoms with Crippen LogP contribution in [0.25, 0.3) is 0 Å². The number of halogens is 1. The summed E-state index contributed by atoms with van der Waals surface area (Å²) in [5.74, 6) is 0. The fourth-order valence-corrected chi connectivity index (χ4v) is 2.78. The van der Waals surface area contributed by atoms with E-state index in [2.05, 4.69) is 15.9 Å². The normalized spacial score (nSPS) is 16.7. The summed E-state index contributed by atoms with van der Waals surface area (Å²) in [4.78, 5) is 10.4. The molecule has 0 heterocycles. The molecule has 0 N–H and O–H groups in total. The van der Waals surface area contributed by atoms with Crippen LogP contribution in [-0.2, 0) is 11.3 Å². The molecule has 0 radical (unpaired) electrons. The fourth-order valence-electron chi connectivity index (χ4n) is 2.26. The van der Waals surface area contributed by atoms with Crippen molar-refractivity contribution in [2.24, 2.45) is 0 Å². The maximum atomic E-state index is 10.8. The summed E-state index contributed by atoms with van der Waals surface area (Å²) in [6.45, 7) is 0.437. The van der Waals surface area contributed by atoms with Crippen LogP contribution >= 0.6 is 15.9 Å². The molecule has 0 unspecified atom stereocenters. The van der Waals surface area contributed by atoms with Crippen molar-refractivity contribution in [3.63, 3.8) is 0 Å². The number of nitro benzene ring substituents is 1. The monoisotopic (exact) mass is 313 g/mol. The molecule has 1 aromatic rings. The number of ether oxygens (including phenoxy) is 1. The van der Waals surface area contributed by atoms with Crippen LogP contribution in [0.1, 0.15) is 37.7 Å². The van der Waals surface area contributed by atoms with E-state index in [4.69, 9.17) is 4.74 Å². The predicted octanol–water partition coefficient (Wildman–Crippen LogP) is 4.21. The predicted molar refractivity (Wildman–Crippen MR) is 72.5 cm³/mol.